The third-order valence-corrected chi connectivity index (χ3v) is 5.23. The topological polar surface area (TPSA) is 88.3 Å². The van der Waals surface area contributed by atoms with Crippen LogP contribution in [0.5, 0.6) is 0 Å². The van der Waals surface area contributed by atoms with Gasteiger partial charge in [0.05, 0.1) is 10.9 Å². The van der Waals surface area contributed by atoms with E-state index in [2.05, 4.69) is 20.4 Å². The molecule has 2 heterocycles. The van der Waals surface area contributed by atoms with E-state index in [1.165, 1.54) is 6.26 Å². The van der Waals surface area contributed by atoms with Crippen LogP contribution in [-0.2, 0) is 9.84 Å². The Balaban J connectivity index is 0.00000208. The lowest BCUT2D eigenvalue weighted by Crippen LogP contribution is -2.44. The number of halogens is 1. The molecule has 0 saturated carbocycles. The van der Waals surface area contributed by atoms with Crippen molar-refractivity contribution in [1.29, 1.82) is 0 Å². The summed E-state index contributed by atoms with van der Waals surface area (Å²) in [6.45, 7) is 4.50. The van der Waals surface area contributed by atoms with Crippen LogP contribution in [0.2, 0.25) is 0 Å². The van der Waals surface area contributed by atoms with Crippen molar-refractivity contribution < 1.29 is 12.9 Å². The number of hydrogen-bond donors (Lipinski definition) is 1. The third-order valence-electron chi connectivity index (χ3n) is 4.12. The van der Waals surface area contributed by atoms with E-state index in [0.29, 0.717) is 17.3 Å². The largest absolute Gasteiger partial charge is 0.334 e. The predicted octanol–water partition coefficient (Wildman–Crippen LogP) is 1.45. The van der Waals surface area contributed by atoms with Crippen molar-refractivity contribution in [2.75, 3.05) is 32.9 Å². The Labute approximate surface area is 147 Å². The van der Waals surface area contributed by atoms with Crippen molar-refractivity contribution in [2.24, 2.45) is 0 Å². The fourth-order valence-electron chi connectivity index (χ4n) is 2.64. The highest BCUT2D eigenvalue weighted by Gasteiger charge is 2.26. The Morgan fingerprint density at radius 1 is 1.38 bits per heavy atom. The summed E-state index contributed by atoms with van der Waals surface area (Å²) in [5, 5.41) is 7.39. The zero-order valence-corrected chi connectivity index (χ0v) is 15.4. The quantitative estimate of drug-likeness (QED) is 0.872. The summed E-state index contributed by atoms with van der Waals surface area (Å²) in [5.74, 6) is 0.959. The van der Waals surface area contributed by atoms with Crippen LogP contribution in [0.1, 0.15) is 17.4 Å². The van der Waals surface area contributed by atoms with Gasteiger partial charge in [0.25, 0.3) is 5.89 Å². The van der Waals surface area contributed by atoms with E-state index in [4.69, 9.17) is 4.52 Å². The molecule has 1 saturated heterocycles. The maximum atomic E-state index is 11.7. The van der Waals surface area contributed by atoms with Crippen molar-refractivity contribution in [3.05, 3.63) is 29.6 Å². The molecule has 0 radical (unpaired) electrons. The zero-order valence-electron chi connectivity index (χ0n) is 13.8. The van der Waals surface area contributed by atoms with Crippen molar-refractivity contribution in [3.8, 4) is 11.5 Å². The first kappa shape index (κ1) is 18.9. The molecule has 1 aliphatic rings. The number of nitrogens with one attached hydrogen (secondary N) is 1. The molecule has 0 amide bonds. The molecule has 0 bridgehead atoms. The van der Waals surface area contributed by atoms with Crippen molar-refractivity contribution in [1.82, 2.24) is 20.4 Å². The van der Waals surface area contributed by atoms with Crippen molar-refractivity contribution in [3.63, 3.8) is 0 Å². The van der Waals surface area contributed by atoms with Crippen LogP contribution < -0.4 is 5.32 Å². The molecule has 2 aromatic rings. The lowest BCUT2D eigenvalue weighted by atomic mass is 10.1. The van der Waals surface area contributed by atoms with E-state index in [0.717, 1.165) is 25.2 Å². The first-order valence-corrected chi connectivity index (χ1v) is 9.31. The van der Waals surface area contributed by atoms with Crippen molar-refractivity contribution in [2.45, 2.75) is 17.9 Å². The number of hydrogen-bond acceptors (Lipinski definition) is 7. The highest BCUT2D eigenvalue weighted by atomic mass is 35.5. The zero-order chi connectivity index (χ0) is 16.6. The molecular formula is C15H21ClN4O3S. The van der Waals surface area contributed by atoms with E-state index in [1.807, 2.05) is 14.0 Å². The highest BCUT2D eigenvalue weighted by Crippen LogP contribution is 2.27. The SMILES string of the molecule is Cc1ccc(S(C)(=O)=O)cc1-c1nc(C2CNCCN2C)no1.Cl. The van der Waals surface area contributed by atoms with Crippen LogP contribution in [0, 0.1) is 6.92 Å². The number of nitrogens with zero attached hydrogens (tertiary/aromatic N) is 3. The van der Waals surface area contributed by atoms with Gasteiger partial charge in [0.2, 0.25) is 0 Å². The molecule has 24 heavy (non-hydrogen) atoms. The predicted molar refractivity (Wildman–Crippen MR) is 93.1 cm³/mol. The number of benzene rings is 1. The molecule has 7 nitrogen and oxygen atoms in total. The number of aryl methyl sites for hydroxylation is 1. The van der Waals surface area contributed by atoms with Gasteiger partial charge in [-0.2, -0.15) is 4.98 Å². The minimum absolute atomic E-state index is 0. The van der Waals surface area contributed by atoms with E-state index in [9.17, 15) is 8.42 Å². The van der Waals surface area contributed by atoms with Crippen LogP contribution in [0.3, 0.4) is 0 Å². The minimum atomic E-state index is -3.28. The average molecular weight is 373 g/mol. The number of aromatic nitrogens is 2. The van der Waals surface area contributed by atoms with Gasteiger partial charge in [0.15, 0.2) is 15.7 Å². The lowest BCUT2D eigenvalue weighted by molar-refractivity contribution is 0.190. The molecule has 1 unspecified atom stereocenters. The summed E-state index contributed by atoms with van der Waals surface area (Å²) in [6, 6.07) is 4.98. The van der Waals surface area contributed by atoms with Crippen molar-refractivity contribution >= 4 is 22.2 Å². The lowest BCUT2D eigenvalue weighted by Gasteiger charge is -2.30. The van der Waals surface area contributed by atoms with Gasteiger partial charge >= 0.3 is 0 Å². The standard InChI is InChI=1S/C15H20N4O3S.ClH/c1-10-4-5-11(23(3,20)21)8-12(10)15-17-14(18-22-15)13-9-16-6-7-19(13)2;/h4-5,8,13,16H,6-7,9H2,1-3H3;1H. The molecular weight excluding hydrogens is 352 g/mol. The van der Waals surface area contributed by atoms with Crippen LogP contribution in [-0.4, -0.2) is 56.4 Å². The van der Waals surface area contributed by atoms with E-state index in [-0.39, 0.29) is 23.3 Å². The fraction of sp³-hybridized carbons (Fsp3) is 0.467. The molecule has 132 valence electrons. The van der Waals surface area contributed by atoms with E-state index in [1.54, 1.807) is 18.2 Å². The average Bonchev–Trinajstić information content (AvgIpc) is 2.96. The minimum Gasteiger partial charge on any atom is -0.334 e. The molecule has 0 aliphatic carbocycles. The van der Waals surface area contributed by atoms with E-state index >= 15 is 0 Å². The molecule has 1 fully saturated rings. The summed E-state index contributed by atoms with van der Waals surface area (Å²) in [4.78, 5) is 6.90. The first-order valence-electron chi connectivity index (χ1n) is 7.42. The maximum Gasteiger partial charge on any atom is 0.258 e. The summed E-state index contributed by atoms with van der Waals surface area (Å²) >= 11 is 0. The molecule has 3 rings (SSSR count). The van der Waals surface area contributed by atoms with Crippen LogP contribution in [0.25, 0.3) is 11.5 Å². The highest BCUT2D eigenvalue weighted by molar-refractivity contribution is 7.90. The molecule has 1 N–H and O–H groups in total. The Morgan fingerprint density at radius 3 is 2.79 bits per heavy atom. The van der Waals surface area contributed by atoms with E-state index < -0.39 is 9.84 Å². The molecule has 1 aliphatic heterocycles. The molecule has 1 aromatic carbocycles. The summed E-state index contributed by atoms with van der Waals surface area (Å²) < 4.78 is 28.9. The van der Waals surface area contributed by atoms with Crippen LogP contribution in [0.15, 0.2) is 27.6 Å². The summed E-state index contributed by atoms with van der Waals surface area (Å²) in [6.07, 6.45) is 1.18. The fourth-order valence-corrected chi connectivity index (χ4v) is 3.28. The van der Waals surface area contributed by atoms with Gasteiger partial charge in [0.1, 0.15) is 0 Å². The third kappa shape index (κ3) is 3.77. The Hall–Kier alpha value is -1.48. The van der Waals surface area contributed by atoms with Gasteiger partial charge in [-0.3, -0.25) is 4.90 Å². The van der Waals surface area contributed by atoms with Crippen LogP contribution in [0.4, 0.5) is 0 Å². The molecule has 1 aromatic heterocycles. The van der Waals surface area contributed by atoms with Gasteiger partial charge in [-0.25, -0.2) is 8.42 Å². The van der Waals surface area contributed by atoms with Gasteiger partial charge in [-0.05, 0) is 31.7 Å². The molecule has 9 heteroatoms. The first-order chi connectivity index (χ1) is 10.9. The number of piperazine rings is 1. The van der Waals surface area contributed by atoms with Gasteiger partial charge in [0, 0.05) is 31.5 Å². The smallest absolute Gasteiger partial charge is 0.258 e. The second kappa shape index (κ2) is 7.18. The Bertz CT molecular complexity index is 822. The second-order valence-corrected chi connectivity index (χ2v) is 7.92. The normalized spacial score (nSPS) is 19.0. The Morgan fingerprint density at radius 2 is 2.12 bits per heavy atom. The monoisotopic (exact) mass is 372 g/mol. The summed E-state index contributed by atoms with van der Waals surface area (Å²) in [7, 11) is -1.26. The number of likely N-dealkylation sites (N-methyl/N-ethyl adjacent to an activating group) is 1. The van der Waals surface area contributed by atoms with Gasteiger partial charge < -0.3 is 9.84 Å². The second-order valence-electron chi connectivity index (χ2n) is 5.91. The number of rotatable bonds is 3. The Kier molecular flexibility index (Phi) is 5.64. The van der Waals surface area contributed by atoms with Gasteiger partial charge in [-0.15, -0.1) is 12.4 Å². The van der Waals surface area contributed by atoms with Crippen LogP contribution >= 0.6 is 12.4 Å². The van der Waals surface area contributed by atoms with Gasteiger partial charge in [-0.1, -0.05) is 11.2 Å². The molecule has 0 spiro atoms. The number of sulfone groups is 1. The maximum absolute atomic E-state index is 11.7. The summed E-state index contributed by atoms with van der Waals surface area (Å²) in [5.41, 5.74) is 1.54. The molecule has 1 atom stereocenters.